The molecule has 1 aliphatic rings. The fourth-order valence-electron chi connectivity index (χ4n) is 3.54. The molecular formula is C20H24FN3O3S. The molecule has 2 aromatic rings. The molecule has 2 amide bonds. The summed E-state index contributed by atoms with van der Waals surface area (Å²) in [5.41, 5.74) is -0.162. The monoisotopic (exact) mass is 405 g/mol. The largest absolute Gasteiger partial charge is 0.497 e. The maximum absolute atomic E-state index is 14.3. The molecule has 2 unspecified atom stereocenters. The van der Waals surface area contributed by atoms with Crippen LogP contribution >= 0.6 is 11.3 Å². The number of ether oxygens (including phenoxy) is 1. The van der Waals surface area contributed by atoms with E-state index >= 15 is 0 Å². The quantitative estimate of drug-likeness (QED) is 0.707. The van der Waals surface area contributed by atoms with E-state index in [2.05, 4.69) is 15.6 Å². The van der Waals surface area contributed by atoms with Crippen molar-refractivity contribution in [2.45, 2.75) is 50.6 Å². The molecule has 6 nitrogen and oxygen atoms in total. The Morgan fingerprint density at radius 1 is 1.50 bits per heavy atom. The first-order valence-corrected chi connectivity index (χ1v) is 10.1. The van der Waals surface area contributed by atoms with Crippen LogP contribution in [0.4, 0.5) is 4.39 Å². The zero-order chi connectivity index (χ0) is 20.1. The van der Waals surface area contributed by atoms with E-state index in [1.807, 2.05) is 12.3 Å². The van der Waals surface area contributed by atoms with Crippen LogP contribution in [0.25, 0.3) is 0 Å². The predicted octanol–water partition coefficient (Wildman–Crippen LogP) is 3.14. The smallest absolute Gasteiger partial charge is 0.220 e. The molecule has 1 aromatic carbocycles. The number of carbonyl (C=O) groups excluding carboxylic acids is 2. The molecule has 150 valence electrons. The van der Waals surface area contributed by atoms with Gasteiger partial charge in [0.05, 0.1) is 13.2 Å². The third kappa shape index (κ3) is 4.86. The van der Waals surface area contributed by atoms with Gasteiger partial charge in [-0.25, -0.2) is 9.37 Å². The highest BCUT2D eigenvalue weighted by Crippen LogP contribution is 2.31. The van der Waals surface area contributed by atoms with Crippen molar-refractivity contribution in [3.05, 3.63) is 46.2 Å². The third-order valence-corrected chi connectivity index (χ3v) is 6.01. The fraction of sp³-hybridized carbons (Fsp3) is 0.450. The van der Waals surface area contributed by atoms with Crippen LogP contribution in [-0.4, -0.2) is 29.4 Å². The molecule has 1 fully saturated rings. The summed E-state index contributed by atoms with van der Waals surface area (Å²) in [6.07, 6.45) is 3.64. The minimum Gasteiger partial charge on any atom is -0.497 e. The molecular weight excluding hydrogens is 381 g/mol. The first kappa shape index (κ1) is 20.3. The Hall–Kier alpha value is -2.48. The van der Waals surface area contributed by atoms with Crippen LogP contribution < -0.4 is 15.4 Å². The molecule has 1 saturated heterocycles. The average Bonchev–Trinajstić information content (AvgIpc) is 3.33. The highest BCUT2D eigenvalue weighted by Gasteiger charge is 2.38. The van der Waals surface area contributed by atoms with Crippen LogP contribution in [0.3, 0.4) is 0 Å². The van der Waals surface area contributed by atoms with Gasteiger partial charge < -0.3 is 15.4 Å². The van der Waals surface area contributed by atoms with Crippen molar-refractivity contribution in [2.75, 3.05) is 7.11 Å². The van der Waals surface area contributed by atoms with Crippen LogP contribution in [0.15, 0.2) is 29.8 Å². The number of nitrogens with zero attached hydrogens (tertiary/aromatic N) is 1. The van der Waals surface area contributed by atoms with Gasteiger partial charge >= 0.3 is 0 Å². The number of hydrogen-bond acceptors (Lipinski definition) is 5. The molecule has 8 heteroatoms. The lowest BCUT2D eigenvalue weighted by Crippen LogP contribution is -2.45. The van der Waals surface area contributed by atoms with E-state index in [9.17, 15) is 14.0 Å². The number of thiazole rings is 1. The van der Waals surface area contributed by atoms with Crippen molar-refractivity contribution >= 4 is 23.2 Å². The van der Waals surface area contributed by atoms with Crippen LogP contribution in [0.1, 0.15) is 49.2 Å². The van der Waals surface area contributed by atoms with Gasteiger partial charge in [0.2, 0.25) is 11.8 Å². The lowest BCUT2D eigenvalue weighted by Gasteiger charge is -2.30. The molecule has 0 radical (unpaired) electrons. The molecule has 2 atom stereocenters. The second kappa shape index (κ2) is 8.68. The van der Waals surface area contributed by atoms with Gasteiger partial charge in [0.25, 0.3) is 0 Å². The molecule has 0 saturated carbocycles. The Labute approximate surface area is 167 Å². The van der Waals surface area contributed by atoms with Crippen LogP contribution in [-0.2, 0) is 16.0 Å². The Morgan fingerprint density at radius 3 is 2.96 bits per heavy atom. The Kier molecular flexibility index (Phi) is 6.28. The Bertz CT molecular complexity index is 843. The SMILES string of the molecule is COc1ccc(F)c(CC2(CCC(=O)NC(C)c3nccs3)CCC(=O)N2)c1. The average molecular weight is 405 g/mol. The van der Waals surface area contributed by atoms with Crippen LogP contribution in [0.2, 0.25) is 0 Å². The summed E-state index contributed by atoms with van der Waals surface area (Å²) >= 11 is 1.49. The van der Waals surface area contributed by atoms with Crippen LogP contribution in [0.5, 0.6) is 5.75 Å². The maximum atomic E-state index is 14.3. The molecule has 28 heavy (non-hydrogen) atoms. The molecule has 1 aliphatic heterocycles. The molecule has 2 N–H and O–H groups in total. The lowest BCUT2D eigenvalue weighted by molar-refractivity contribution is -0.123. The summed E-state index contributed by atoms with van der Waals surface area (Å²) in [4.78, 5) is 28.5. The number of aromatic nitrogens is 1. The first-order valence-electron chi connectivity index (χ1n) is 9.23. The summed E-state index contributed by atoms with van der Waals surface area (Å²) in [5, 5.41) is 8.62. The normalized spacial score (nSPS) is 19.9. The third-order valence-electron chi connectivity index (χ3n) is 5.05. The zero-order valence-corrected chi connectivity index (χ0v) is 16.8. The molecule has 0 bridgehead atoms. The minimum absolute atomic E-state index is 0.0696. The standard InChI is InChI=1S/C20H24FN3O3S/c1-13(19-22-9-10-28-19)23-17(25)5-7-20(8-6-18(26)24-20)12-14-11-15(27-2)3-4-16(14)21/h3-4,9-11,13H,5-8,12H2,1-2H3,(H,23,25)(H,24,26). The Balaban J connectivity index is 1.67. The summed E-state index contributed by atoms with van der Waals surface area (Å²) in [7, 11) is 1.53. The van der Waals surface area contributed by atoms with Gasteiger partial charge in [-0.3, -0.25) is 9.59 Å². The topological polar surface area (TPSA) is 80.3 Å². The number of hydrogen-bond donors (Lipinski definition) is 2. The minimum atomic E-state index is -0.633. The maximum Gasteiger partial charge on any atom is 0.220 e. The molecule has 2 heterocycles. The number of nitrogens with one attached hydrogen (secondary N) is 2. The van der Waals surface area contributed by atoms with E-state index in [0.29, 0.717) is 37.0 Å². The number of rotatable bonds is 8. The van der Waals surface area contributed by atoms with E-state index in [0.717, 1.165) is 5.01 Å². The van der Waals surface area contributed by atoms with Crippen molar-refractivity contribution in [1.82, 2.24) is 15.6 Å². The molecule has 1 aromatic heterocycles. The first-order chi connectivity index (χ1) is 13.4. The summed E-state index contributed by atoms with van der Waals surface area (Å²) in [6.45, 7) is 1.88. The summed E-state index contributed by atoms with van der Waals surface area (Å²) in [6, 6.07) is 4.40. The number of halogens is 1. The van der Waals surface area contributed by atoms with E-state index in [1.54, 1.807) is 18.3 Å². The van der Waals surface area contributed by atoms with E-state index in [1.165, 1.54) is 24.5 Å². The van der Waals surface area contributed by atoms with Crippen molar-refractivity contribution in [3.63, 3.8) is 0 Å². The van der Waals surface area contributed by atoms with Gasteiger partial charge in [0.15, 0.2) is 0 Å². The van der Waals surface area contributed by atoms with E-state index in [4.69, 9.17) is 4.74 Å². The molecule has 0 spiro atoms. The van der Waals surface area contributed by atoms with Crippen molar-refractivity contribution < 1.29 is 18.7 Å². The highest BCUT2D eigenvalue weighted by molar-refractivity contribution is 7.09. The second-order valence-electron chi connectivity index (χ2n) is 7.12. The van der Waals surface area contributed by atoms with Gasteiger partial charge in [0, 0.05) is 30.0 Å². The van der Waals surface area contributed by atoms with Gasteiger partial charge in [-0.15, -0.1) is 11.3 Å². The van der Waals surface area contributed by atoms with E-state index in [-0.39, 0.29) is 30.1 Å². The van der Waals surface area contributed by atoms with Gasteiger partial charge in [-0.2, -0.15) is 0 Å². The van der Waals surface area contributed by atoms with Crippen molar-refractivity contribution in [2.24, 2.45) is 0 Å². The molecule has 0 aliphatic carbocycles. The lowest BCUT2D eigenvalue weighted by atomic mass is 9.84. The predicted molar refractivity (Wildman–Crippen MR) is 105 cm³/mol. The summed E-state index contributed by atoms with van der Waals surface area (Å²) in [5.74, 6) is 0.0308. The number of carbonyl (C=O) groups is 2. The van der Waals surface area contributed by atoms with Gasteiger partial charge in [-0.1, -0.05) is 0 Å². The zero-order valence-electron chi connectivity index (χ0n) is 16.0. The van der Waals surface area contributed by atoms with Gasteiger partial charge in [0.1, 0.15) is 16.6 Å². The van der Waals surface area contributed by atoms with Crippen LogP contribution in [0, 0.1) is 5.82 Å². The highest BCUT2D eigenvalue weighted by atomic mass is 32.1. The Morgan fingerprint density at radius 2 is 2.32 bits per heavy atom. The van der Waals surface area contributed by atoms with E-state index < -0.39 is 5.54 Å². The number of methoxy groups -OCH3 is 1. The number of benzene rings is 1. The molecule has 3 rings (SSSR count). The summed E-state index contributed by atoms with van der Waals surface area (Å²) < 4.78 is 19.5. The second-order valence-corrected chi connectivity index (χ2v) is 8.05. The van der Waals surface area contributed by atoms with Crippen molar-refractivity contribution in [1.29, 1.82) is 0 Å². The van der Waals surface area contributed by atoms with Crippen molar-refractivity contribution in [3.8, 4) is 5.75 Å². The fourth-order valence-corrected chi connectivity index (χ4v) is 4.18. The van der Waals surface area contributed by atoms with Gasteiger partial charge in [-0.05, 0) is 49.9 Å². The number of amides is 2.